The summed E-state index contributed by atoms with van der Waals surface area (Å²) in [6.07, 6.45) is -6.22. The molecule has 1 N–H and O–H groups in total. The van der Waals surface area contributed by atoms with Crippen molar-refractivity contribution >= 4 is 32.8 Å². The van der Waals surface area contributed by atoms with Gasteiger partial charge in [-0.2, -0.15) is 0 Å². The van der Waals surface area contributed by atoms with Crippen molar-refractivity contribution in [2.45, 2.75) is 26.3 Å². The lowest BCUT2D eigenvalue weighted by Crippen LogP contribution is -2.45. The number of benzene rings is 1. The molecule has 2 rings (SSSR count). The Hall–Kier alpha value is -2.07. The van der Waals surface area contributed by atoms with Crippen LogP contribution in [0.5, 0.6) is 5.75 Å². The fourth-order valence-electron chi connectivity index (χ4n) is 1.94. The molecule has 1 aromatic heterocycles. The predicted molar refractivity (Wildman–Crippen MR) is 82.2 cm³/mol. The number of carbonyl (C=O) groups is 1. The number of hydrogen-bond acceptors (Lipinski definition) is 6. The Morgan fingerprint density at radius 3 is 2.75 bits per heavy atom. The highest BCUT2D eigenvalue weighted by atomic mass is 32.1. The molecule has 24 heavy (non-hydrogen) atoms. The molecule has 0 saturated heterocycles. The maximum Gasteiger partial charge on any atom is 0.573 e. The van der Waals surface area contributed by atoms with Gasteiger partial charge < -0.3 is 24.9 Å². The second-order valence-electron chi connectivity index (χ2n) is 5.20. The second-order valence-corrected chi connectivity index (χ2v) is 6.21. The molecule has 0 aliphatic heterocycles. The van der Waals surface area contributed by atoms with Crippen molar-refractivity contribution in [3.8, 4) is 5.75 Å². The molecule has 0 saturated carbocycles. The van der Waals surface area contributed by atoms with Crippen LogP contribution in [0, 0.1) is 0 Å². The van der Waals surface area contributed by atoms with Crippen LogP contribution in [0.1, 0.15) is 13.8 Å². The van der Waals surface area contributed by atoms with Gasteiger partial charge in [0.25, 0.3) is 0 Å². The number of ether oxygens (including phenoxy) is 1. The minimum absolute atomic E-state index is 0.117. The molecule has 2 aromatic rings. The number of anilines is 1. The summed E-state index contributed by atoms with van der Waals surface area (Å²) in [5.41, 5.74) is 0.382. The first-order valence-electron chi connectivity index (χ1n) is 7.04. The molecular weight excluding hydrogens is 347 g/mol. The fraction of sp³-hybridized carbons (Fsp3) is 0.429. The summed E-state index contributed by atoms with van der Waals surface area (Å²) in [5.74, 6) is -0.383. The second kappa shape index (κ2) is 7.22. The van der Waals surface area contributed by atoms with E-state index >= 15 is 0 Å². The molecule has 6 nitrogen and oxygen atoms in total. The smallest absolute Gasteiger partial charge is 0.530 e. The van der Waals surface area contributed by atoms with Crippen molar-refractivity contribution in [3.63, 3.8) is 0 Å². The maximum absolute atomic E-state index is 12.2. The number of hydrogen-bond donors (Lipinski definition) is 1. The molecule has 0 fully saturated rings. The van der Waals surface area contributed by atoms with Crippen molar-refractivity contribution in [1.82, 2.24) is 10.3 Å². The van der Waals surface area contributed by atoms with E-state index in [-0.39, 0.29) is 23.5 Å². The van der Waals surface area contributed by atoms with Gasteiger partial charge in [0, 0.05) is 25.2 Å². The monoisotopic (exact) mass is 362 g/mol. The predicted octanol–water partition coefficient (Wildman–Crippen LogP) is 2.34. The van der Waals surface area contributed by atoms with E-state index in [1.165, 1.54) is 12.1 Å². The largest absolute Gasteiger partial charge is 0.573 e. The van der Waals surface area contributed by atoms with Gasteiger partial charge in [-0.05, 0) is 12.1 Å². The number of carboxylic acid groups (broad SMARTS) is 1. The Morgan fingerprint density at radius 1 is 1.46 bits per heavy atom. The summed E-state index contributed by atoms with van der Waals surface area (Å²) in [5, 5.41) is 14.5. The minimum atomic E-state index is -4.79. The van der Waals surface area contributed by atoms with Gasteiger partial charge in [-0.3, -0.25) is 0 Å². The Bertz CT molecular complexity index is 718. The molecule has 0 bridgehead atoms. The highest BCUT2D eigenvalue weighted by molar-refractivity contribution is 7.22. The Labute approximate surface area is 139 Å². The fourth-order valence-corrected chi connectivity index (χ4v) is 2.95. The third kappa shape index (κ3) is 4.96. The molecular formula is C14H15F3N3O3S-. The van der Waals surface area contributed by atoms with Gasteiger partial charge in [0.05, 0.1) is 10.2 Å². The molecule has 0 aliphatic carbocycles. The average molecular weight is 362 g/mol. The topological polar surface area (TPSA) is 77.5 Å². The summed E-state index contributed by atoms with van der Waals surface area (Å²) in [6, 6.07) is 3.83. The highest BCUT2D eigenvalue weighted by Crippen LogP contribution is 2.33. The standard InChI is InChI=1S/C14H16F3N3O3S/c1-8(2)18-5-6-20(13(21)22)12-19-10-4-3-9(7-11(10)24-12)23-14(15,16)17/h3-4,7-8,18H,5-6H2,1-2H3,(H,21,22)/p-1. The average Bonchev–Trinajstić information content (AvgIpc) is 2.83. The summed E-state index contributed by atoms with van der Waals surface area (Å²) >= 11 is 0.952. The number of rotatable bonds is 6. The summed E-state index contributed by atoms with van der Waals surface area (Å²) in [7, 11) is 0. The number of amides is 1. The SMILES string of the molecule is CC(C)NCCN(C(=O)[O-])c1nc2ccc(OC(F)(F)F)cc2s1. The van der Waals surface area contributed by atoms with E-state index in [2.05, 4.69) is 15.0 Å². The third-order valence-corrected chi connectivity index (χ3v) is 3.96. The van der Waals surface area contributed by atoms with Gasteiger partial charge in [0.2, 0.25) is 0 Å². The first-order valence-corrected chi connectivity index (χ1v) is 7.85. The molecule has 1 heterocycles. The van der Waals surface area contributed by atoms with E-state index in [9.17, 15) is 23.1 Å². The van der Waals surface area contributed by atoms with Crippen molar-refractivity contribution in [1.29, 1.82) is 0 Å². The zero-order valence-corrected chi connectivity index (χ0v) is 13.7. The lowest BCUT2D eigenvalue weighted by molar-refractivity contribution is -0.274. The number of carbonyl (C=O) groups excluding carboxylic acids is 1. The van der Waals surface area contributed by atoms with E-state index in [1.54, 1.807) is 0 Å². The summed E-state index contributed by atoms with van der Waals surface area (Å²) in [4.78, 5) is 16.4. The van der Waals surface area contributed by atoms with Crippen molar-refractivity contribution < 1.29 is 27.8 Å². The van der Waals surface area contributed by atoms with Crippen molar-refractivity contribution in [3.05, 3.63) is 18.2 Å². The van der Waals surface area contributed by atoms with Crippen molar-refractivity contribution in [2.75, 3.05) is 18.0 Å². The molecule has 0 atom stereocenters. The van der Waals surface area contributed by atoms with Crippen LogP contribution in [0.3, 0.4) is 0 Å². The summed E-state index contributed by atoms with van der Waals surface area (Å²) < 4.78 is 41.0. The molecule has 1 amide bonds. The number of thiazole rings is 1. The molecule has 132 valence electrons. The molecule has 0 spiro atoms. The van der Waals surface area contributed by atoms with Crippen LogP contribution in [0.25, 0.3) is 10.2 Å². The zero-order chi connectivity index (χ0) is 17.9. The van der Waals surface area contributed by atoms with E-state index in [0.717, 1.165) is 22.3 Å². The van der Waals surface area contributed by atoms with Crippen LogP contribution in [0.2, 0.25) is 0 Å². The first-order chi connectivity index (χ1) is 11.2. The van der Waals surface area contributed by atoms with E-state index in [0.29, 0.717) is 16.8 Å². The number of fused-ring (bicyclic) bond motifs is 1. The van der Waals surface area contributed by atoms with E-state index < -0.39 is 12.5 Å². The van der Waals surface area contributed by atoms with Crippen LogP contribution in [-0.2, 0) is 0 Å². The van der Waals surface area contributed by atoms with Gasteiger partial charge in [-0.1, -0.05) is 25.2 Å². The lowest BCUT2D eigenvalue weighted by atomic mass is 10.3. The van der Waals surface area contributed by atoms with E-state index in [4.69, 9.17) is 0 Å². The van der Waals surface area contributed by atoms with Crippen LogP contribution in [0.15, 0.2) is 18.2 Å². The van der Waals surface area contributed by atoms with Crippen LogP contribution >= 0.6 is 11.3 Å². The maximum atomic E-state index is 12.2. The normalized spacial score (nSPS) is 11.9. The Kier molecular flexibility index (Phi) is 5.50. The van der Waals surface area contributed by atoms with E-state index in [1.807, 2.05) is 13.8 Å². The number of nitrogens with zero attached hydrogens (tertiary/aromatic N) is 2. The number of aromatic nitrogens is 1. The zero-order valence-electron chi connectivity index (χ0n) is 12.9. The van der Waals surface area contributed by atoms with Gasteiger partial charge in [0.1, 0.15) is 11.8 Å². The first kappa shape index (κ1) is 18.3. The Balaban J connectivity index is 2.22. The summed E-state index contributed by atoms with van der Waals surface area (Å²) in [6.45, 7) is 4.35. The molecule has 10 heteroatoms. The van der Waals surface area contributed by atoms with Gasteiger partial charge in [0.15, 0.2) is 5.13 Å². The number of nitrogens with one attached hydrogen (secondary N) is 1. The molecule has 0 radical (unpaired) electrons. The molecule has 1 aromatic carbocycles. The molecule has 0 aliphatic rings. The number of alkyl halides is 3. The van der Waals surface area contributed by atoms with Gasteiger partial charge in [-0.15, -0.1) is 13.2 Å². The minimum Gasteiger partial charge on any atom is -0.530 e. The van der Waals surface area contributed by atoms with Crippen LogP contribution in [0.4, 0.5) is 23.1 Å². The molecule has 0 unspecified atom stereocenters. The third-order valence-electron chi connectivity index (χ3n) is 2.92. The van der Waals surface area contributed by atoms with Gasteiger partial charge in [-0.25, -0.2) is 4.98 Å². The Morgan fingerprint density at radius 2 is 2.17 bits per heavy atom. The van der Waals surface area contributed by atoms with Crippen molar-refractivity contribution in [2.24, 2.45) is 0 Å². The van der Waals surface area contributed by atoms with Crippen LogP contribution in [-0.4, -0.2) is 36.6 Å². The quantitative estimate of drug-likeness (QED) is 0.854. The number of halogens is 3. The lowest BCUT2D eigenvalue weighted by Gasteiger charge is -2.22. The van der Waals surface area contributed by atoms with Crippen LogP contribution < -0.4 is 20.1 Å². The highest BCUT2D eigenvalue weighted by Gasteiger charge is 2.31. The van der Waals surface area contributed by atoms with Gasteiger partial charge >= 0.3 is 6.36 Å².